The van der Waals surface area contributed by atoms with E-state index in [2.05, 4.69) is 63.9 Å². The van der Waals surface area contributed by atoms with E-state index in [0.717, 1.165) is 69.1 Å². The van der Waals surface area contributed by atoms with Crippen LogP contribution >= 0.6 is 0 Å². The molecule has 7 nitrogen and oxygen atoms in total. The summed E-state index contributed by atoms with van der Waals surface area (Å²) in [6.45, 7) is 10.6. The molecule has 0 atom stereocenters. The van der Waals surface area contributed by atoms with Gasteiger partial charge in [0.25, 0.3) is 0 Å². The van der Waals surface area contributed by atoms with E-state index in [-0.39, 0.29) is 6.09 Å². The van der Waals surface area contributed by atoms with Gasteiger partial charge < -0.3 is 29.6 Å². The Kier molecular flexibility index (Phi) is 6.60. The maximum atomic E-state index is 12.4. The normalized spacial score (nSPS) is 17.6. The van der Waals surface area contributed by atoms with Gasteiger partial charge in [0.05, 0.1) is 13.2 Å². The molecule has 0 unspecified atom stereocenters. The van der Waals surface area contributed by atoms with Gasteiger partial charge in [-0.2, -0.15) is 0 Å². The Balaban J connectivity index is 1.24. The Morgan fingerprint density at radius 2 is 1.77 bits per heavy atom. The summed E-state index contributed by atoms with van der Waals surface area (Å²) in [6.07, 6.45) is 3.82. The van der Waals surface area contributed by atoms with E-state index in [0.29, 0.717) is 5.92 Å². The Morgan fingerprint density at radius 3 is 2.51 bits per heavy atom. The maximum absolute atomic E-state index is 12.4. The molecule has 2 N–H and O–H groups in total. The van der Waals surface area contributed by atoms with E-state index < -0.39 is 5.60 Å². The third kappa shape index (κ3) is 5.56. The van der Waals surface area contributed by atoms with Gasteiger partial charge in [0.2, 0.25) is 0 Å². The van der Waals surface area contributed by atoms with Crippen LogP contribution < -0.4 is 10.2 Å². The van der Waals surface area contributed by atoms with Crippen LogP contribution in [0, 0.1) is 0 Å². The number of carbonyl (C=O) groups excluding carboxylic acids is 1. The molecule has 0 spiro atoms. The highest BCUT2D eigenvalue weighted by Gasteiger charge is 2.28. The van der Waals surface area contributed by atoms with Crippen LogP contribution in [0.1, 0.15) is 45.1 Å². The third-order valence-corrected chi connectivity index (χ3v) is 6.81. The molecule has 5 rings (SSSR count). The first kappa shape index (κ1) is 23.5. The SMILES string of the molecule is CC(C)(C)OC(=O)N1CCC(c2c[nH]c3cc(Nc4cccc(N5CCOCC5)c4)ccc23)CC1. The van der Waals surface area contributed by atoms with Crippen molar-refractivity contribution in [3.63, 3.8) is 0 Å². The zero-order chi connectivity index (χ0) is 24.4. The van der Waals surface area contributed by atoms with Gasteiger partial charge in [0, 0.05) is 60.3 Å². The lowest BCUT2D eigenvalue weighted by Crippen LogP contribution is -2.41. The van der Waals surface area contributed by atoms with Crippen molar-refractivity contribution >= 4 is 34.1 Å². The molecule has 0 saturated carbocycles. The monoisotopic (exact) mass is 476 g/mol. The largest absolute Gasteiger partial charge is 0.444 e. The molecule has 0 bridgehead atoms. The van der Waals surface area contributed by atoms with E-state index in [1.165, 1.54) is 16.6 Å². The molecule has 2 saturated heterocycles. The highest BCUT2D eigenvalue weighted by atomic mass is 16.6. The minimum Gasteiger partial charge on any atom is -0.444 e. The number of rotatable bonds is 4. The number of H-pyrrole nitrogens is 1. The topological polar surface area (TPSA) is 69.8 Å². The van der Waals surface area contributed by atoms with Crippen LogP contribution in [0.2, 0.25) is 0 Å². The predicted octanol–water partition coefficient (Wildman–Crippen LogP) is 5.86. The molecule has 186 valence electrons. The summed E-state index contributed by atoms with van der Waals surface area (Å²) in [5, 5.41) is 4.82. The molecule has 7 heteroatoms. The van der Waals surface area contributed by atoms with E-state index in [4.69, 9.17) is 9.47 Å². The molecule has 2 aromatic carbocycles. The van der Waals surface area contributed by atoms with Crippen LogP contribution in [-0.4, -0.2) is 61.0 Å². The van der Waals surface area contributed by atoms with Crippen molar-refractivity contribution in [3.8, 4) is 0 Å². The molecule has 2 aliphatic heterocycles. The van der Waals surface area contributed by atoms with Crippen LogP contribution in [-0.2, 0) is 9.47 Å². The molecule has 1 amide bonds. The molecule has 1 aromatic heterocycles. The Morgan fingerprint density at radius 1 is 1.03 bits per heavy atom. The smallest absolute Gasteiger partial charge is 0.410 e. The van der Waals surface area contributed by atoms with Crippen molar-refractivity contribution in [1.29, 1.82) is 0 Å². The van der Waals surface area contributed by atoms with Crippen LogP contribution in [0.25, 0.3) is 10.9 Å². The lowest BCUT2D eigenvalue weighted by Gasteiger charge is -2.33. The number of likely N-dealkylation sites (tertiary alicyclic amines) is 1. The summed E-state index contributed by atoms with van der Waals surface area (Å²) in [6, 6.07) is 15.1. The van der Waals surface area contributed by atoms with Crippen molar-refractivity contribution in [2.75, 3.05) is 49.6 Å². The molecule has 0 radical (unpaired) electrons. The minimum absolute atomic E-state index is 0.205. The molecule has 2 aliphatic rings. The summed E-state index contributed by atoms with van der Waals surface area (Å²) in [5.74, 6) is 0.437. The van der Waals surface area contributed by atoms with Gasteiger partial charge in [0.1, 0.15) is 5.60 Å². The molecule has 35 heavy (non-hydrogen) atoms. The minimum atomic E-state index is -0.458. The average molecular weight is 477 g/mol. The number of aromatic amines is 1. The van der Waals surface area contributed by atoms with Crippen molar-refractivity contribution in [3.05, 3.63) is 54.2 Å². The second-order valence-electron chi connectivity index (χ2n) is 10.5. The van der Waals surface area contributed by atoms with E-state index in [1.807, 2.05) is 25.7 Å². The zero-order valence-corrected chi connectivity index (χ0v) is 21.0. The molecule has 3 aromatic rings. The van der Waals surface area contributed by atoms with E-state index >= 15 is 0 Å². The number of nitrogens with zero attached hydrogens (tertiary/aromatic N) is 2. The first-order valence-corrected chi connectivity index (χ1v) is 12.6. The zero-order valence-electron chi connectivity index (χ0n) is 21.0. The number of benzene rings is 2. The number of anilines is 3. The summed E-state index contributed by atoms with van der Waals surface area (Å²) in [7, 11) is 0. The summed E-state index contributed by atoms with van der Waals surface area (Å²) in [5.41, 5.74) is 5.37. The Labute approximate surface area is 207 Å². The fraction of sp³-hybridized carbons (Fsp3) is 0.464. The molecule has 3 heterocycles. The Bertz CT molecular complexity index is 1170. The van der Waals surface area contributed by atoms with E-state index in [1.54, 1.807) is 0 Å². The Hall–Kier alpha value is -3.19. The second kappa shape index (κ2) is 9.82. The highest BCUT2D eigenvalue weighted by molar-refractivity contribution is 5.87. The summed E-state index contributed by atoms with van der Waals surface area (Å²) < 4.78 is 11.0. The van der Waals surface area contributed by atoms with Gasteiger partial charge in [-0.15, -0.1) is 0 Å². The lowest BCUT2D eigenvalue weighted by atomic mass is 9.89. The van der Waals surface area contributed by atoms with Crippen LogP contribution in [0.15, 0.2) is 48.7 Å². The fourth-order valence-electron chi connectivity index (χ4n) is 5.03. The number of carbonyl (C=O) groups is 1. The quantitative estimate of drug-likeness (QED) is 0.493. The standard InChI is InChI=1S/C28H36N4O3/c1-28(2,3)35-27(33)32-11-9-20(10-12-32)25-19-29-26-18-22(7-8-24(25)26)30-21-5-4-6-23(17-21)31-13-15-34-16-14-31/h4-8,17-20,29-30H,9-16H2,1-3H3. The van der Waals surface area contributed by atoms with Gasteiger partial charge in [-0.05, 0) is 75.4 Å². The number of ether oxygens (including phenoxy) is 2. The fourth-order valence-corrected chi connectivity index (χ4v) is 5.03. The van der Waals surface area contributed by atoms with Gasteiger partial charge in [-0.25, -0.2) is 4.79 Å². The molecular formula is C28H36N4O3. The first-order valence-electron chi connectivity index (χ1n) is 12.6. The van der Waals surface area contributed by atoms with Gasteiger partial charge in [-0.3, -0.25) is 0 Å². The number of amides is 1. The van der Waals surface area contributed by atoms with Gasteiger partial charge in [-0.1, -0.05) is 12.1 Å². The van der Waals surface area contributed by atoms with E-state index in [9.17, 15) is 4.79 Å². The highest BCUT2D eigenvalue weighted by Crippen LogP contribution is 2.35. The second-order valence-corrected chi connectivity index (χ2v) is 10.5. The number of nitrogens with one attached hydrogen (secondary N) is 2. The summed E-state index contributed by atoms with van der Waals surface area (Å²) >= 11 is 0. The van der Waals surface area contributed by atoms with Crippen molar-refractivity contribution in [1.82, 2.24) is 9.88 Å². The van der Waals surface area contributed by atoms with Gasteiger partial charge in [0.15, 0.2) is 0 Å². The third-order valence-electron chi connectivity index (χ3n) is 6.81. The number of hydrogen-bond acceptors (Lipinski definition) is 5. The number of fused-ring (bicyclic) bond motifs is 1. The number of hydrogen-bond donors (Lipinski definition) is 2. The number of aromatic nitrogens is 1. The van der Waals surface area contributed by atoms with Crippen molar-refractivity contribution in [2.45, 2.75) is 45.1 Å². The van der Waals surface area contributed by atoms with Crippen LogP contribution in [0.3, 0.4) is 0 Å². The first-order chi connectivity index (χ1) is 16.9. The van der Waals surface area contributed by atoms with Crippen LogP contribution in [0.4, 0.5) is 21.9 Å². The molecule has 2 fully saturated rings. The predicted molar refractivity (Wildman–Crippen MR) is 141 cm³/mol. The number of morpholine rings is 1. The maximum Gasteiger partial charge on any atom is 0.410 e. The lowest BCUT2D eigenvalue weighted by molar-refractivity contribution is 0.0205. The number of piperidine rings is 1. The van der Waals surface area contributed by atoms with Crippen molar-refractivity contribution < 1.29 is 14.3 Å². The average Bonchev–Trinajstić information content (AvgIpc) is 3.27. The van der Waals surface area contributed by atoms with Crippen molar-refractivity contribution in [2.24, 2.45) is 0 Å². The molecule has 0 aliphatic carbocycles. The van der Waals surface area contributed by atoms with Crippen LogP contribution in [0.5, 0.6) is 0 Å². The van der Waals surface area contributed by atoms with Gasteiger partial charge >= 0.3 is 6.09 Å². The molecular weight excluding hydrogens is 440 g/mol. The summed E-state index contributed by atoms with van der Waals surface area (Å²) in [4.78, 5) is 20.1.